The fourth-order valence-corrected chi connectivity index (χ4v) is 2.96. The molecule has 26 heavy (non-hydrogen) atoms. The van der Waals surface area contributed by atoms with Gasteiger partial charge in [0.2, 0.25) is 0 Å². The van der Waals surface area contributed by atoms with Crippen molar-refractivity contribution in [2.75, 3.05) is 12.0 Å². The van der Waals surface area contributed by atoms with E-state index < -0.39 is 9.84 Å². The molecule has 0 aromatic heterocycles. The normalized spacial score (nSPS) is 11.1. The Kier molecular flexibility index (Phi) is 5.14. The maximum atomic E-state index is 11.5. The van der Waals surface area contributed by atoms with Gasteiger partial charge in [-0.15, -0.1) is 0 Å². The first-order chi connectivity index (χ1) is 12.4. The quantitative estimate of drug-likeness (QED) is 0.663. The molecule has 134 valence electrons. The maximum absolute atomic E-state index is 11.5. The number of nitrogens with two attached hydrogens (primary N) is 1. The van der Waals surface area contributed by atoms with Gasteiger partial charge in [0, 0.05) is 12.3 Å². The molecule has 0 amide bonds. The van der Waals surface area contributed by atoms with Crippen LogP contribution in [-0.2, 0) is 16.4 Å². The van der Waals surface area contributed by atoms with E-state index in [1.54, 1.807) is 30.3 Å². The maximum Gasteiger partial charge on any atom is 0.175 e. The van der Waals surface area contributed by atoms with Crippen molar-refractivity contribution in [1.82, 2.24) is 0 Å². The fourth-order valence-electron chi connectivity index (χ4n) is 2.33. The molecule has 0 spiro atoms. The van der Waals surface area contributed by atoms with E-state index in [9.17, 15) is 8.42 Å². The monoisotopic (exact) mass is 369 g/mol. The van der Waals surface area contributed by atoms with Gasteiger partial charge < -0.3 is 15.2 Å². The molecule has 0 saturated heterocycles. The summed E-state index contributed by atoms with van der Waals surface area (Å²) in [5, 5.41) is 0. The van der Waals surface area contributed by atoms with Crippen molar-refractivity contribution in [1.29, 1.82) is 0 Å². The van der Waals surface area contributed by atoms with Crippen molar-refractivity contribution in [2.45, 2.75) is 11.5 Å². The lowest BCUT2D eigenvalue weighted by atomic mass is 10.2. The van der Waals surface area contributed by atoms with Gasteiger partial charge in [-0.05, 0) is 42.0 Å². The van der Waals surface area contributed by atoms with Gasteiger partial charge in [0.05, 0.1) is 10.6 Å². The summed E-state index contributed by atoms with van der Waals surface area (Å²) in [6, 6.07) is 21.2. The lowest BCUT2D eigenvalue weighted by molar-refractivity contribution is 0.306. The number of ether oxygens (including phenoxy) is 2. The molecule has 0 atom stereocenters. The molecule has 0 aliphatic carbocycles. The van der Waals surface area contributed by atoms with Crippen LogP contribution in [0.25, 0.3) is 0 Å². The number of nitrogen functional groups attached to an aromatic ring is 1. The Labute approximate surface area is 152 Å². The molecule has 0 fully saturated rings. The van der Waals surface area contributed by atoms with Gasteiger partial charge >= 0.3 is 0 Å². The van der Waals surface area contributed by atoms with Crippen LogP contribution in [0.4, 0.5) is 5.69 Å². The zero-order chi connectivity index (χ0) is 18.6. The number of rotatable bonds is 6. The third kappa shape index (κ3) is 4.55. The van der Waals surface area contributed by atoms with Crippen LogP contribution in [0.1, 0.15) is 5.56 Å². The van der Waals surface area contributed by atoms with E-state index >= 15 is 0 Å². The third-order valence-corrected chi connectivity index (χ3v) is 4.84. The van der Waals surface area contributed by atoms with E-state index in [0.717, 1.165) is 5.56 Å². The van der Waals surface area contributed by atoms with Gasteiger partial charge in [-0.1, -0.05) is 30.3 Å². The average molecular weight is 369 g/mol. The molecule has 2 N–H and O–H groups in total. The van der Waals surface area contributed by atoms with Crippen molar-refractivity contribution in [3.8, 4) is 17.2 Å². The summed E-state index contributed by atoms with van der Waals surface area (Å²) in [7, 11) is -3.23. The summed E-state index contributed by atoms with van der Waals surface area (Å²) < 4.78 is 34.5. The molecule has 5 nitrogen and oxygen atoms in total. The van der Waals surface area contributed by atoms with Crippen LogP contribution in [0, 0.1) is 0 Å². The second kappa shape index (κ2) is 7.49. The molecule has 0 aliphatic rings. The van der Waals surface area contributed by atoms with Gasteiger partial charge in [0.15, 0.2) is 9.84 Å². The number of benzene rings is 3. The summed E-state index contributed by atoms with van der Waals surface area (Å²) in [6.07, 6.45) is 1.17. The molecular formula is C20H19NO4S. The molecule has 0 heterocycles. The summed E-state index contributed by atoms with van der Waals surface area (Å²) in [5.41, 5.74) is 7.52. The van der Waals surface area contributed by atoms with Crippen LogP contribution in [-0.4, -0.2) is 14.7 Å². The van der Waals surface area contributed by atoms with Crippen molar-refractivity contribution in [3.63, 3.8) is 0 Å². The van der Waals surface area contributed by atoms with Crippen LogP contribution in [0.15, 0.2) is 77.7 Å². The van der Waals surface area contributed by atoms with Crippen LogP contribution in [0.2, 0.25) is 0 Å². The molecule has 0 saturated carbocycles. The summed E-state index contributed by atoms with van der Waals surface area (Å²) in [4.78, 5) is 0.244. The molecule has 0 unspecified atom stereocenters. The Bertz CT molecular complexity index is 984. The highest BCUT2D eigenvalue weighted by atomic mass is 32.2. The van der Waals surface area contributed by atoms with Crippen LogP contribution in [0.3, 0.4) is 0 Å². The topological polar surface area (TPSA) is 78.6 Å². The Hall–Kier alpha value is -2.99. The predicted octanol–water partition coefficient (Wildman–Crippen LogP) is 4.04. The first-order valence-corrected chi connectivity index (χ1v) is 9.85. The Morgan fingerprint density at radius 2 is 1.54 bits per heavy atom. The SMILES string of the molecule is CS(=O)(=O)c1ccc(Oc2ccc(N)c(OCc3ccccc3)c2)cc1. The molecule has 3 rings (SSSR count). The van der Waals surface area contributed by atoms with Gasteiger partial charge in [0.25, 0.3) is 0 Å². The van der Waals surface area contributed by atoms with Crippen molar-refractivity contribution in [3.05, 3.63) is 78.4 Å². The number of sulfone groups is 1. The van der Waals surface area contributed by atoms with Gasteiger partial charge in [-0.2, -0.15) is 0 Å². The molecular weight excluding hydrogens is 350 g/mol. The average Bonchev–Trinajstić information content (AvgIpc) is 2.63. The standard InChI is InChI=1S/C20H19NO4S/c1-26(22,23)18-10-7-16(8-11-18)25-17-9-12-19(21)20(13-17)24-14-15-5-3-2-4-6-15/h2-13H,14,21H2,1H3. The fraction of sp³-hybridized carbons (Fsp3) is 0.100. The Morgan fingerprint density at radius 1 is 0.885 bits per heavy atom. The molecule has 0 aliphatic heterocycles. The zero-order valence-electron chi connectivity index (χ0n) is 14.3. The minimum atomic E-state index is -3.23. The van der Waals surface area contributed by atoms with Gasteiger partial charge in [-0.3, -0.25) is 0 Å². The largest absolute Gasteiger partial charge is 0.487 e. The minimum absolute atomic E-state index is 0.244. The minimum Gasteiger partial charge on any atom is -0.487 e. The van der Waals surface area contributed by atoms with E-state index in [4.69, 9.17) is 15.2 Å². The van der Waals surface area contributed by atoms with E-state index in [0.29, 0.717) is 29.5 Å². The van der Waals surface area contributed by atoms with Crippen molar-refractivity contribution < 1.29 is 17.9 Å². The second-order valence-corrected chi connectivity index (χ2v) is 7.84. The molecule has 3 aromatic rings. The number of hydrogen-bond donors (Lipinski definition) is 1. The lowest BCUT2D eigenvalue weighted by Gasteiger charge is -2.12. The summed E-state index contributed by atoms with van der Waals surface area (Å²) >= 11 is 0. The molecule has 6 heteroatoms. The molecule has 0 bridgehead atoms. The highest BCUT2D eigenvalue weighted by molar-refractivity contribution is 7.90. The number of hydrogen-bond acceptors (Lipinski definition) is 5. The Morgan fingerprint density at radius 3 is 2.19 bits per heavy atom. The van der Waals surface area contributed by atoms with Crippen LogP contribution < -0.4 is 15.2 Å². The first kappa shape index (κ1) is 17.8. The highest BCUT2D eigenvalue weighted by Gasteiger charge is 2.08. The van der Waals surface area contributed by atoms with Crippen molar-refractivity contribution >= 4 is 15.5 Å². The Balaban J connectivity index is 1.73. The lowest BCUT2D eigenvalue weighted by Crippen LogP contribution is -1.99. The van der Waals surface area contributed by atoms with Crippen LogP contribution in [0.5, 0.6) is 17.2 Å². The smallest absolute Gasteiger partial charge is 0.175 e. The van der Waals surface area contributed by atoms with Crippen molar-refractivity contribution in [2.24, 2.45) is 0 Å². The highest BCUT2D eigenvalue weighted by Crippen LogP contribution is 2.31. The van der Waals surface area contributed by atoms with Gasteiger partial charge in [0.1, 0.15) is 23.9 Å². The van der Waals surface area contributed by atoms with E-state index in [-0.39, 0.29) is 4.90 Å². The molecule has 0 radical (unpaired) electrons. The molecule has 3 aromatic carbocycles. The summed E-state index contributed by atoms with van der Waals surface area (Å²) in [6.45, 7) is 0.400. The zero-order valence-corrected chi connectivity index (χ0v) is 15.1. The second-order valence-electron chi connectivity index (χ2n) is 5.82. The summed E-state index contributed by atoms with van der Waals surface area (Å²) in [5.74, 6) is 1.60. The third-order valence-electron chi connectivity index (χ3n) is 3.71. The van der Waals surface area contributed by atoms with E-state index in [2.05, 4.69) is 0 Å². The van der Waals surface area contributed by atoms with E-state index in [1.807, 2.05) is 30.3 Å². The van der Waals surface area contributed by atoms with Gasteiger partial charge in [-0.25, -0.2) is 8.42 Å². The predicted molar refractivity (Wildman–Crippen MR) is 101 cm³/mol. The first-order valence-electron chi connectivity index (χ1n) is 7.96. The van der Waals surface area contributed by atoms with E-state index in [1.165, 1.54) is 18.4 Å². The number of anilines is 1. The van der Waals surface area contributed by atoms with Crippen LogP contribution >= 0.6 is 0 Å².